The van der Waals surface area contributed by atoms with Crippen LogP contribution in [0.5, 0.6) is 0 Å². The second kappa shape index (κ2) is 29.3. The van der Waals surface area contributed by atoms with Crippen LogP contribution < -0.4 is 33.6 Å². The summed E-state index contributed by atoms with van der Waals surface area (Å²) in [6, 6.07) is -1.11. The van der Waals surface area contributed by atoms with E-state index in [1.165, 1.54) is 70.6 Å². The fourth-order valence-corrected chi connectivity index (χ4v) is 4.98. The van der Waals surface area contributed by atoms with Crippen LogP contribution in [0, 0.1) is 0 Å². The monoisotopic (exact) mass is 598 g/mol. The normalized spacial score (nSPS) is 12.6. The molecule has 0 radical (unpaired) electrons. The minimum absolute atomic E-state index is 0.134. The first kappa shape index (κ1) is 40.2. The molecule has 0 spiro atoms. The van der Waals surface area contributed by atoms with Crippen molar-refractivity contribution in [3.63, 3.8) is 0 Å². The molecule has 248 valence electrons. The zero-order valence-corrected chi connectivity index (χ0v) is 27.0. The highest BCUT2D eigenvalue weighted by Gasteiger charge is 2.16. The zero-order valence-electron chi connectivity index (χ0n) is 27.0. The Kier molecular flexibility index (Phi) is 28.1. The van der Waals surface area contributed by atoms with Gasteiger partial charge in [-0.3, -0.25) is 14.4 Å². The molecule has 10 N–H and O–H groups in total. The molecule has 0 aliphatic carbocycles. The van der Waals surface area contributed by atoms with E-state index in [4.69, 9.17) is 22.9 Å². The van der Waals surface area contributed by atoms with Crippen LogP contribution in [0.3, 0.4) is 0 Å². The van der Waals surface area contributed by atoms with Crippen LogP contribution in [0.1, 0.15) is 135 Å². The molecule has 3 amide bonds. The summed E-state index contributed by atoms with van der Waals surface area (Å²) in [6.07, 6.45) is 20.9. The smallest absolute Gasteiger partial charge is 0.236 e. The van der Waals surface area contributed by atoms with Crippen LogP contribution in [-0.4, -0.2) is 74.0 Å². The number of hydrogen-bond donors (Lipinski definition) is 6. The van der Waals surface area contributed by atoms with Crippen LogP contribution >= 0.6 is 0 Å². The van der Waals surface area contributed by atoms with E-state index in [1.807, 2.05) is 4.90 Å². The van der Waals surface area contributed by atoms with Crippen molar-refractivity contribution in [2.75, 3.05) is 39.3 Å². The second-order valence-corrected chi connectivity index (χ2v) is 11.7. The predicted molar refractivity (Wildman–Crippen MR) is 175 cm³/mol. The molecule has 0 aromatic rings. The first-order valence-corrected chi connectivity index (χ1v) is 17.1. The van der Waals surface area contributed by atoms with E-state index in [1.54, 1.807) is 0 Å². The van der Waals surface area contributed by atoms with Crippen molar-refractivity contribution in [3.05, 3.63) is 0 Å². The standard InChI is InChI=1S/C32H67N7O3/c1-2-3-4-5-6-7-8-9-10-11-12-13-14-21-30(40)39(26-17-24-37-31(41)28(35)19-15-22-33)27-18-25-38-32(42)29(36)20-16-23-34/h28-29H,2-27,33-36H2,1H3,(H,37,41)(H,38,42)/t28-,29-/m0/s1. The Bertz CT molecular complexity index is 632. The van der Waals surface area contributed by atoms with Crippen LogP contribution in [-0.2, 0) is 14.4 Å². The third-order valence-electron chi connectivity index (χ3n) is 7.77. The molecule has 0 unspecified atom stereocenters. The highest BCUT2D eigenvalue weighted by atomic mass is 16.2. The Labute approximate surface area is 257 Å². The number of carbonyl (C=O) groups excluding carboxylic acids is 3. The van der Waals surface area contributed by atoms with Gasteiger partial charge in [0.1, 0.15) is 0 Å². The van der Waals surface area contributed by atoms with E-state index in [9.17, 15) is 14.4 Å². The summed E-state index contributed by atoms with van der Waals surface area (Å²) in [4.78, 5) is 39.2. The molecule has 0 aromatic heterocycles. The first-order valence-electron chi connectivity index (χ1n) is 17.1. The van der Waals surface area contributed by atoms with Gasteiger partial charge in [0.2, 0.25) is 17.7 Å². The molecule has 0 saturated carbocycles. The minimum Gasteiger partial charge on any atom is -0.355 e. The maximum Gasteiger partial charge on any atom is 0.236 e. The molecule has 0 aliphatic rings. The molecule has 42 heavy (non-hydrogen) atoms. The predicted octanol–water partition coefficient (Wildman–Crippen LogP) is 3.44. The van der Waals surface area contributed by atoms with Crippen LogP contribution in [0.2, 0.25) is 0 Å². The Morgan fingerprint density at radius 2 is 0.952 bits per heavy atom. The van der Waals surface area contributed by atoms with Gasteiger partial charge >= 0.3 is 0 Å². The number of unbranched alkanes of at least 4 members (excludes halogenated alkanes) is 12. The number of amides is 3. The van der Waals surface area contributed by atoms with Crippen LogP contribution in [0.25, 0.3) is 0 Å². The molecule has 0 aromatic carbocycles. The third kappa shape index (κ3) is 23.8. The van der Waals surface area contributed by atoms with Crippen molar-refractivity contribution >= 4 is 17.7 Å². The Morgan fingerprint density at radius 3 is 1.33 bits per heavy atom. The molecule has 0 aliphatic heterocycles. The molecule has 10 heteroatoms. The summed E-state index contributed by atoms with van der Waals surface area (Å²) in [6.45, 7) is 5.32. The number of nitrogens with one attached hydrogen (secondary N) is 2. The summed E-state index contributed by atoms with van der Waals surface area (Å²) in [5, 5.41) is 5.74. The second-order valence-electron chi connectivity index (χ2n) is 11.7. The van der Waals surface area contributed by atoms with Crippen molar-refractivity contribution in [2.24, 2.45) is 22.9 Å². The van der Waals surface area contributed by atoms with Crippen molar-refractivity contribution in [1.82, 2.24) is 15.5 Å². The maximum atomic E-state index is 13.0. The summed E-state index contributed by atoms with van der Waals surface area (Å²) < 4.78 is 0. The van der Waals surface area contributed by atoms with Gasteiger partial charge in [0.25, 0.3) is 0 Å². The lowest BCUT2D eigenvalue weighted by Gasteiger charge is -2.23. The van der Waals surface area contributed by atoms with Gasteiger partial charge in [0, 0.05) is 32.6 Å². The zero-order chi connectivity index (χ0) is 31.3. The van der Waals surface area contributed by atoms with Crippen LogP contribution in [0.4, 0.5) is 0 Å². The lowest BCUT2D eigenvalue weighted by Crippen LogP contribution is -2.43. The minimum atomic E-state index is -0.554. The van der Waals surface area contributed by atoms with E-state index in [-0.39, 0.29) is 17.7 Å². The summed E-state index contributed by atoms with van der Waals surface area (Å²) in [5.74, 6) is -0.223. The first-order chi connectivity index (χ1) is 20.4. The Balaban J connectivity index is 4.36. The van der Waals surface area contributed by atoms with E-state index < -0.39 is 12.1 Å². The molecular weight excluding hydrogens is 530 g/mol. The van der Waals surface area contributed by atoms with Gasteiger partial charge in [-0.05, 0) is 58.0 Å². The maximum absolute atomic E-state index is 13.0. The third-order valence-corrected chi connectivity index (χ3v) is 7.77. The van der Waals surface area contributed by atoms with Gasteiger partial charge in [0.15, 0.2) is 0 Å². The summed E-state index contributed by atoms with van der Waals surface area (Å²) in [5.41, 5.74) is 22.8. The SMILES string of the molecule is CCCCCCCCCCCCCCCC(=O)N(CCCNC(=O)[C@@H](N)CCCN)CCCNC(=O)[C@@H](N)CCCN. The van der Waals surface area contributed by atoms with Crippen molar-refractivity contribution < 1.29 is 14.4 Å². The van der Waals surface area contributed by atoms with E-state index in [2.05, 4.69) is 17.6 Å². The number of nitrogens with zero attached hydrogens (tertiary/aromatic N) is 1. The molecular formula is C32H67N7O3. The number of nitrogens with two attached hydrogens (primary N) is 4. The van der Waals surface area contributed by atoms with Gasteiger partial charge in [-0.15, -0.1) is 0 Å². The summed E-state index contributed by atoms with van der Waals surface area (Å²) in [7, 11) is 0. The van der Waals surface area contributed by atoms with E-state index in [0.717, 1.165) is 12.8 Å². The highest BCUT2D eigenvalue weighted by molar-refractivity contribution is 5.81. The molecule has 0 saturated heterocycles. The van der Waals surface area contributed by atoms with Gasteiger partial charge in [-0.25, -0.2) is 0 Å². The molecule has 10 nitrogen and oxygen atoms in total. The molecule has 0 heterocycles. The van der Waals surface area contributed by atoms with Crippen molar-refractivity contribution in [3.8, 4) is 0 Å². The fraction of sp³-hybridized carbons (Fsp3) is 0.906. The number of carbonyl (C=O) groups is 3. The molecule has 0 bridgehead atoms. The quantitative estimate of drug-likeness (QED) is 0.0685. The highest BCUT2D eigenvalue weighted by Crippen LogP contribution is 2.13. The molecule has 2 atom stereocenters. The molecule has 0 rings (SSSR count). The lowest BCUT2D eigenvalue weighted by molar-refractivity contribution is -0.131. The van der Waals surface area contributed by atoms with E-state index >= 15 is 0 Å². The van der Waals surface area contributed by atoms with Crippen molar-refractivity contribution in [2.45, 2.75) is 147 Å². The Hall–Kier alpha value is -1.75. The van der Waals surface area contributed by atoms with Gasteiger partial charge in [-0.1, -0.05) is 84.0 Å². The van der Waals surface area contributed by atoms with Gasteiger partial charge in [-0.2, -0.15) is 0 Å². The molecule has 0 fully saturated rings. The summed E-state index contributed by atoms with van der Waals surface area (Å²) >= 11 is 0. The average Bonchev–Trinajstić information content (AvgIpc) is 2.99. The van der Waals surface area contributed by atoms with Gasteiger partial charge < -0.3 is 38.5 Å². The number of hydrogen-bond acceptors (Lipinski definition) is 7. The average molecular weight is 598 g/mol. The number of rotatable bonds is 30. The largest absolute Gasteiger partial charge is 0.355 e. The van der Waals surface area contributed by atoms with Crippen molar-refractivity contribution in [1.29, 1.82) is 0 Å². The Morgan fingerprint density at radius 1 is 0.571 bits per heavy atom. The topological polar surface area (TPSA) is 183 Å². The van der Waals surface area contributed by atoms with Gasteiger partial charge in [0.05, 0.1) is 12.1 Å². The van der Waals surface area contributed by atoms with E-state index in [0.29, 0.717) is 84.2 Å². The fourth-order valence-electron chi connectivity index (χ4n) is 4.98. The lowest BCUT2D eigenvalue weighted by atomic mass is 10.0. The van der Waals surface area contributed by atoms with Crippen LogP contribution in [0.15, 0.2) is 0 Å².